The van der Waals surface area contributed by atoms with E-state index in [0.29, 0.717) is 13.0 Å². The first-order chi connectivity index (χ1) is 25.3. The van der Waals surface area contributed by atoms with Gasteiger partial charge in [-0.2, -0.15) is 0 Å². The maximum absolute atomic E-state index is 12.6. The monoisotopic (exact) mass is 754 g/mol. The molecule has 0 aromatic heterocycles. The molecule has 302 valence electrons. The number of unbranched alkanes of at least 4 members (excludes halogenated alkanes) is 16. The smallest absolute Gasteiger partial charge is 0.462 e. The van der Waals surface area contributed by atoms with Crippen molar-refractivity contribution in [1.82, 2.24) is 5.32 Å². The summed E-state index contributed by atoms with van der Waals surface area (Å²) in [5, 5.41) is 2.82. The minimum absolute atomic E-state index is 0.0237. The van der Waals surface area contributed by atoms with Crippen LogP contribution in [0.5, 0.6) is 0 Å². The van der Waals surface area contributed by atoms with Gasteiger partial charge >= 0.3 is 19.8 Å². The van der Waals surface area contributed by atoms with Gasteiger partial charge in [0.15, 0.2) is 6.10 Å². The number of phosphoric acid groups is 1. The molecule has 10 heteroatoms. The van der Waals surface area contributed by atoms with E-state index in [-0.39, 0.29) is 26.1 Å². The van der Waals surface area contributed by atoms with Crippen molar-refractivity contribution in [3.05, 3.63) is 48.6 Å². The predicted octanol–water partition coefficient (Wildman–Crippen LogP) is 11.4. The highest BCUT2D eigenvalue weighted by molar-refractivity contribution is 7.47. The molecule has 2 unspecified atom stereocenters. The molecule has 2 atom stereocenters. The summed E-state index contributed by atoms with van der Waals surface area (Å²) in [6, 6.07) is 0. The van der Waals surface area contributed by atoms with Crippen LogP contribution < -0.4 is 5.32 Å². The van der Waals surface area contributed by atoms with Gasteiger partial charge < -0.3 is 19.7 Å². The van der Waals surface area contributed by atoms with Gasteiger partial charge in [-0.25, -0.2) is 4.57 Å². The third-order valence-electron chi connectivity index (χ3n) is 8.42. The van der Waals surface area contributed by atoms with Crippen LogP contribution in [0.2, 0.25) is 0 Å². The summed E-state index contributed by atoms with van der Waals surface area (Å²) in [4.78, 5) is 35.0. The van der Waals surface area contributed by atoms with E-state index in [0.717, 1.165) is 83.5 Å². The van der Waals surface area contributed by atoms with Crippen LogP contribution in [0.1, 0.15) is 168 Å². The van der Waals surface area contributed by atoms with E-state index in [1.54, 1.807) is 7.05 Å². The van der Waals surface area contributed by atoms with Gasteiger partial charge in [0, 0.05) is 19.4 Å². The van der Waals surface area contributed by atoms with E-state index >= 15 is 0 Å². The number of carbonyl (C=O) groups is 2. The Kier molecular flexibility index (Phi) is 37.2. The lowest BCUT2D eigenvalue weighted by atomic mass is 10.1. The molecule has 0 aromatic rings. The second kappa shape index (κ2) is 38.7. The second-order valence-corrected chi connectivity index (χ2v) is 14.9. The lowest BCUT2D eigenvalue weighted by molar-refractivity contribution is -0.161. The van der Waals surface area contributed by atoms with Gasteiger partial charge in [-0.1, -0.05) is 127 Å². The van der Waals surface area contributed by atoms with Gasteiger partial charge in [-0.15, -0.1) is 0 Å². The molecule has 0 amide bonds. The molecular weight excluding hydrogens is 677 g/mol. The molecule has 0 aliphatic carbocycles. The molecule has 0 aromatic carbocycles. The topological polar surface area (TPSA) is 120 Å². The number of nitrogens with one attached hydrogen (secondary N) is 1. The third-order valence-corrected chi connectivity index (χ3v) is 9.41. The average molecular weight is 754 g/mol. The molecule has 2 N–H and O–H groups in total. The van der Waals surface area contributed by atoms with Crippen LogP contribution in [-0.2, 0) is 32.7 Å². The Labute approximate surface area is 318 Å². The predicted molar refractivity (Wildman–Crippen MR) is 215 cm³/mol. The van der Waals surface area contributed by atoms with Crippen LogP contribution in [0.15, 0.2) is 48.6 Å². The van der Waals surface area contributed by atoms with E-state index < -0.39 is 32.5 Å². The number of carbonyl (C=O) groups excluding carboxylic acids is 2. The Balaban J connectivity index is 4.31. The maximum Gasteiger partial charge on any atom is 0.472 e. The minimum Gasteiger partial charge on any atom is -0.462 e. The molecule has 0 spiro atoms. The van der Waals surface area contributed by atoms with Gasteiger partial charge in [0.25, 0.3) is 0 Å². The molecule has 0 aliphatic heterocycles. The van der Waals surface area contributed by atoms with Crippen molar-refractivity contribution in [3.63, 3.8) is 0 Å². The minimum atomic E-state index is -4.35. The molecule has 0 saturated carbocycles. The molecule has 0 bridgehead atoms. The molecule has 0 radical (unpaired) electrons. The summed E-state index contributed by atoms with van der Waals surface area (Å²) in [6.07, 6.45) is 41.5. The lowest BCUT2D eigenvalue weighted by Crippen LogP contribution is -2.29. The first kappa shape index (κ1) is 50.0. The van der Waals surface area contributed by atoms with Gasteiger partial charge in [0.2, 0.25) is 0 Å². The van der Waals surface area contributed by atoms with Crippen molar-refractivity contribution in [2.75, 3.05) is 33.4 Å². The summed E-state index contributed by atoms with van der Waals surface area (Å²) in [5.41, 5.74) is 0. The fourth-order valence-corrected chi connectivity index (χ4v) is 6.01. The summed E-state index contributed by atoms with van der Waals surface area (Å²) < 4.78 is 33.1. The van der Waals surface area contributed by atoms with Crippen molar-refractivity contribution >= 4 is 19.8 Å². The van der Waals surface area contributed by atoms with Crippen molar-refractivity contribution < 1.29 is 37.6 Å². The van der Waals surface area contributed by atoms with Crippen molar-refractivity contribution in [2.24, 2.45) is 0 Å². The summed E-state index contributed by atoms with van der Waals surface area (Å²) in [7, 11) is -2.66. The lowest BCUT2D eigenvalue weighted by Gasteiger charge is -2.20. The fraction of sp³-hybridized carbons (Fsp3) is 0.762. The fourth-order valence-electron chi connectivity index (χ4n) is 5.26. The molecule has 0 aliphatic rings. The normalized spacial score (nSPS) is 13.8. The zero-order chi connectivity index (χ0) is 38.2. The van der Waals surface area contributed by atoms with Crippen LogP contribution in [0.4, 0.5) is 0 Å². The van der Waals surface area contributed by atoms with Crippen molar-refractivity contribution in [1.29, 1.82) is 0 Å². The molecule has 0 fully saturated rings. The molecule has 52 heavy (non-hydrogen) atoms. The van der Waals surface area contributed by atoms with Crippen LogP contribution >= 0.6 is 7.82 Å². The molecule has 0 heterocycles. The van der Waals surface area contributed by atoms with Crippen LogP contribution in [0.25, 0.3) is 0 Å². The number of esters is 2. The maximum atomic E-state index is 12.6. The Hall–Kier alpha value is -2.03. The van der Waals surface area contributed by atoms with E-state index in [4.69, 9.17) is 18.5 Å². The van der Waals surface area contributed by atoms with Crippen molar-refractivity contribution in [3.8, 4) is 0 Å². The standard InChI is InChI=1S/C42H76NO8P/c1-4-6-8-10-12-14-16-18-20-22-24-26-28-30-32-34-41(44)48-38-40(39-50-52(46,47)49-37-36-43-3)51-42(45)35-33-31-29-27-25-23-21-19-17-15-13-11-9-7-5-2/h12-15,18-21,40,43H,4-11,16-17,22-39H2,1-3H3,(H,46,47)/b14-12-,15-13+,20-18-,21-19+. The van der Waals surface area contributed by atoms with Gasteiger partial charge in [0.05, 0.1) is 13.2 Å². The van der Waals surface area contributed by atoms with Crippen LogP contribution in [0.3, 0.4) is 0 Å². The Morgan fingerprint density at radius 1 is 0.596 bits per heavy atom. The Bertz CT molecular complexity index is 996. The summed E-state index contributed by atoms with van der Waals surface area (Å²) in [6.45, 7) is 4.13. The van der Waals surface area contributed by atoms with Crippen LogP contribution in [0, 0.1) is 0 Å². The average Bonchev–Trinajstić information content (AvgIpc) is 3.12. The molecule has 0 saturated heterocycles. The van der Waals surface area contributed by atoms with E-state index in [9.17, 15) is 19.0 Å². The van der Waals surface area contributed by atoms with E-state index in [1.807, 2.05) is 0 Å². The zero-order valence-corrected chi connectivity index (χ0v) is 34.1. The second-order valence-electron chi connectivity index (χ2n) is 13.5. The highest BCUT2D eigenvalue weighted by atomic mass is 31.2. The first-order valence-electron chi connectivity index (χ1n) is 20.6. The third kappa shape index (κ3) is 37.7. The van der Waals surface area contributed by atoms with E-state index in [2.05, 4.69) is 67.8 Å². The summed E-state index contributed by atoms with van der Waals surface area (Å²) in [5.74, 6) is -0.842. The molecule has 9 nitrogen and oxygen atoms in total. The number of hydrogen-bond acceptors (Lipinski definition) is 8. The Morgan fingerprint density at radius 2 is 1.04 bits per heavy atom. The number of allylic oxidation sites excluding steroid dienone is 8. The highest BCUT2D eigenvalue weighted by Gasteiger charge is 2.26. The SMILES string of the molecule is CCCCC/C=C\C/C=C\CCCCCCCC(=O)OCC(COP(=O)(O)OCCNC)OC(=O)CCCCCCC/C=C/C/C=C/CCCCC. The summed E-state index contributed by atoms with van der Waals surface area (Å²) >= 11 is 0. The number of ether oxygens (including phenoxy) is 2. The number of rotatable bonds is 38. The number of phosphoric ester groups is 1. The van der Waals surface area contributed by atoms with E-state index in [1.165, 1.54) is 51.4 Å². The zero-order valence-electron chi connectivity index (χ0n) is 33.2. The van der Waals surface area contributed by atoms with Crippen molar-refractivity contribution in [2.45, 2.75) is 174 Å². The van der Waals surface area contributed by atoms with Gasteiger partial charge in [-0.3, -0.25) is 18.6 Å². The van der Waals surface area contributed by atoms with Crippen LogP contribution in [-0.4, -0.2) is 56.3 Å². The number of hydrogen-bond donors (Lipinski definition) is 2. The molecular formula is C42H76NO8P. The first-order valence-corrected chi connectivity index (χ1v) is 22.1. The van der Waals surface area contributed by atoms with Gasteiger partial charge in [0.1, 0.15) is 6.61 Å². The molecule has 0 rings (SSSR count). The van der Waals surface area contributed by atoms with Gasteiger partial charge in [-0.05, 0) is 84.1 Å². The highest BCUT2D eigenvalue weighted by Crippen LogP contribution is 2.43. The Morgan fingerprint density at radius 3 is 1.52 bits per heavy atom. The largest absolute Gasteiger partial charge is 0.472 e. The quantitative estimate of drug-likeness (QED) is 0.0275. The number of likely N-dealkylation sites (N-methyl/N-ethyl adjacent to an activating group) is 1.